The second-order valence-corrected chi connectivity index (χ2v) is 4.33. The van der Waals surface area contributed by atoms with Gasteiger partial charge in [-0.2, -0.15) is 0 Å². The summed E-state index contributed by atoms with van der Waals surface area (Å²) in [5, 5.41) is 0. The van der Waals surface area contributed by atoms with E-state index < -0.39 is 0 Å². The first kappa shape index (κ1) is 13.7. The van der Waals surface area contributed by atoms with Crippen molar-refractivity contribution in [2.24, 2.45) is 11.7 Å². The Hall–Kier alpha value is -0.340. The highest BCUT2D eigenvalue weighted by Gasteiger charge is 2.14. The van der Waals surface area contributed by atoms with Crippen molar-refractivity contribution in [2.75, 3.05) is 19.6 Å². The van der Waals surface area contributed by atoms with E-state index in [1.54, 1.807) is 0 Å². The first-order chi connectivity index (χ1) is 6.51. The van der Waals surface area contributed by atoms with Gasteiger partial charge in [0, 0.05) is 19.1 Å². The van der Waals surface area contributed by atoms with Crippen molar-refractivity contribution in [1.82, 2.24) is 4.90 Å². The summed E-state index contributed by atoms with van der Waals surface area (Å²) in [4.78, 5) is 2.36. The Bertz CT molecular complexity index is 166. The maximum absolute atomic E-state index is 6.11. The van der Waals surface area contributed by atoms with E-state index in [2.05, 4.69) is 39.2 Å². The molecule has 0 aliphatic rings. The molecule has 2 heteroatoms. The lowest BCUT2D eigenvalue weighted by atomic mass is 9.99. The van der Waals surface area contributed by atoms with Crippen LogP contribution < -0.4 is 5.73 Å². The van der Waals surface area contributed by atoms with Crippen LogP contribution in [0.5, 0.6) is 0 Å². The number of hydrogen-bond donors (Lipinski definition) is 1. The zero-order chi connectivity index (χ0) is 11.1. The van der Waals surface area contributed by atoms with Crippen LogP contribution in [0.25, 0.3) is 0 Å². The first-order valence-electron chi connectivity index (χ1n) is 5.63. The van der Waals surface area contributed by atoms with Gasteiger partial charge in [-0.25, -0.2) is 0 Å². The molecule has 0 aromatic carbocycles. The van der Waals surface area contributed by atoms with Crippen molar-refractivity contribution < 1.29 is 0 Å². The third-order valence-electron chi connectivity index (χ3n) is 2.78. The highest BCUT2D eigenvalue weighted by atomic mass is 15.1. The molecule has 2 nitrogen and oxygen atoms in total. The van der Waals surface area contributed by atoms with Crippen molar-refractivity contribution in [3.05, 3.63) is 12.2 Å². The van der Waals surface area contributed by atoms with E-state index in [0.717, 1.165) is 26.1 Å². The molecule has 84 valence electrons. The average Bonchev–Trinajstić information content (AvgIpc) is 2.14. The maximum Gasteiger partial charge on any atom is 0.0193 e. The molecule has 2 N–H and O–H groups in total. The summed E-state index contributed by atoms with van der Waals surface area (Å²) in [6, 6.07) is 0.291. The molecule has 0 amide bonds. The molecule has 0 heterocycles. The zero-order valence-electron chi connectivity index (χ0n) is 10.2. The number of likely N-dealkylation sites (N-methyl/N-ethyl adjacent to an activating group) is 1. The summed E-state index contributed by atoms with van der Waals surface area (Å²) < 4.78 is 0. The standard InChI is InChI=1S/C12H26N2/c1-6-11(5)12(13)9-14(7-2)8-10(3)4/h11-12H,3,6-9,13H2,1-2,4-5H3. The SMILES string of the molecule is C=C(C)CN(CC)CC(N)C(C)CC. The van der Waals surface area contributed by atoms with Crippen molar-refractivity contribution in [2.45, 2.75) is 40.2 Å². The average molecular weight is 198 g/mol. The van der Waals surface area contributed by atoms with E-state index in [9.17, 15) is 0 Å². The molecule has 0 saturated heterocycles. The minimum atomic E-state index is 0.291. The molecule has 0 radical (unpaired) electrons. The van der Waals surface area contributed by atoms with Crippen LogP contribution in [0.2, 0.25) is 0 Å². The van der Waals surface area contributed by atoms with Gasteiger partial charge in [-0.05, 0) is 19.4 Å². The Morgan fingerprint density at radius 1 is 1.43 bits per heavy atom. The van der Waals surface area contributed by atoms with Crippen molar-refractivity contribution in [3.63, 3.8) is 0 Å². The van der Waals surface area contributed by atoms with Gasteiger partial charge in [0.2, 0.25) is 0 Å². The van der Waals surface area contributed by atoms with Crippen LogP contribution >= 0.6 is 0 Å². The lowest BCUT2D eigenvalue weighted by molar-refractivity contribution is 0.258. The second-order valence-electron chi connectivity index (χ2n) is 4.33. The van der Waals surface area contributed by atoms with E-state index in [4.69, 9.17) is 5.73 Å². The summed E-state index contributed by atoms with van der Waals surface area (Å²) in [5.41, 5.74) is 7.32. The lowest BCUT2D eigenvalue weighted by Crippen LogP contribution is -2.41. The van der Waals surface area contributed by atoms with Gasteiger partial charge in [-0.15, -0.1) is 0 Å². The van der Waals surface area contributed by atoms with Gasteiger partial charge >= 0.3 is 0 Å². The Balaban J connectivity index is 3.97. The third-order valence-corrected chi connectivity index (χ3v) is 2.78. The molecule has 2 unspecified atom stereocenters. The Morgan fingerprint density at radius 2 is 2.00 bits per heavy atom. The van der Waals surface area contributed by atoms with E-state index in [1.807, 2.05) is 0 Å². The van der Waals surface area contributed by atoms with E-state index in [-0.39, 0.29) is 0 Å². The molecular formula is C12H26N2. The molecule has 2 atom stereocenters. The number of rotatable bonds is 7. The molecular weight excluding hydrogens is 172 g/mol. The summed E-state index contributed by atoms with van der Waals surface area (Å²) in [6.07, 6.45) is 1.16. The van der Waals surface area contributed by atoms with Gasteiger partial charge in [0.25, 0.3) is 0 Å². The number of hydrogen-bond acceptors (Lipinski definition) is 2. The van der Waals surface area contributed by atoms with Crippen LogP contribution in [-0.2, 0) is 0 Å². The van der Waals surface area contributed by atoms with Gasteiger partial charge < -0.3 is 5.73 Å². The number of nitrogens with zero attached hydrogens (tertiary/aromatic N) is 1. The largest absolute Gasteiger partial charge is 0.326 e. The van der Waals surface area contributed by atoms with E-state index >= 15 is 0 Å². The Labute approximate surface area is 89.2 Å². The molecule has 0 saturated carbocycles. The van der Waals surface area contributed by atoms with Crippen LogP contribution in [0.15, 0.2) is 12.2 Å². The van der Waals surface area contributed by atoms with Crippen molar-refractivity contribution in [1.29, 1.82) is 0 Å². The van der Waals surface area contributed by atoms with Crippen LogP contribution in [0, 0.1) is 5.92 Å². The van der Waals surface area contributed by atoms with Crippen molar-refractivity contribution in [3.8, 4) is 0 Å². The molecule has 0 aliphatic carbocycles. The van der Waals surface area contributed by atoms with Crippen molar-refractivity contribution >= 4 is 0 Å². The minimum Gasteiger partial charge on any atom is -0.326 e. The molecule has 0 aromatic rings. The molecule has 0 bridgehead atoms. The van der Waals surface area contributed by atoms with Gasteiger partial charge in [-0.1, -0.05) is 39.3 Å². The fourth-order valence-electron chi connectivity index (χ4n) is 1.47. The summed E-state index contributed by atoms with van der Waals surface area (Å²) in [5.74, 6) is 0.606. The molecule has 0 aliphatic heterocycles. The van der Waals surface area contributed by atoms with Crippen LogP contribution in [0.1, 0.15) is 34.1 Å². The molecule has 0 spiro atoms. The summed E-state index contributed by atoms with van der Waals surface area (Å²) >= 11 is 0. The smallest absolute Gasteiger partial charge is 0.0193 e. The predicted molar refractivity (Wildman–Crippen MR) is 64.4 cm³/mol. The first-order valence-corrected chi connectivity index (χ1v) is 5.63. The molecule has 14 heavy (non-hydrogen) atoms. The summed E-state index contributed by atoms with van der Waals surface area (Å²) in [6.45, 7) is 15.6. The number of nitrogens with two attached hydrogens (primary N) is 1. The van der Waals surface area contributed by atoms with Crippen LogP contribution in [-0.4, -0.2) is 30.6 Å². The zero-order valence-corrected chi connectivity index (χ0v) is 10.2. The molecule has 0 fully saturated rings. The van der Waals surface area contributed by atoms with Crippen LogP contribution in [0.4, 0.5) is 0 Å². The topological polar surface area (TPSA) is 29.3 Å². The monoisotopic (exact) mass is 198 g/mol. The fourth-order valence-corrected chi connectivity index (χ4v) is 1.47. The van der Waals surface area contributed by atoms with E-state index in [0.29, 0.717) is 12.0 Å². The fraction of sp³-hybridized carbons (Fsp3) is 0.833. The highest BCUT2D eigenvalue weighted by Crippen LogP contribution is 2.07. The maximum atomic E-state index is 6.11. The normalized spacial score (nSPS) is 15.6. The van der Waals surface area contributed by atoms with Gasteiger partial charge in [-0.3, -0.25) is 4.90 Å². The molecule has 0 rings (SSSR count). The van der Waals surface area contributed by atoms with Crippen LogP contribution in [0.3, 0.4) is 0 Å². The third kappa shape index (κ3) is 5.40. The Morgan fingerprint density at radius 3 is 2.36 bits per heavy atom. The minimum absolute atomic E-state index is 0.291. The van der Waals surface area contributed by atoms with Gasteiger partial charge in [0.05, 0.1) is 0 Å². The van der Waals surface area contributed by atoms with Gasteiger partial charge in [0.1, 0.15) is 0 Å². The Kier molecular flexibility index (Phi) is 6.85. The lowest BCUT2D eigenvalue weighted by Gasteiger charge is -2.27. The highest BCUT2D eigenvalue weighted by molar-refractivity contribution is 4.92. The summed E-state index contributed by atoms with van der Waals surface area (Å²) in [7, 11) is 0. The predicted octanol–water partition coefficient (Wildman–Crippen LogP) is 2.26. The van der Waals surface area contributed by atoms with Gasteiger partial charge in [0.15, 0.2) is 0 Å². The molecule has 0 aromatic heterocycles. The second kappa shape index (κ2) is 7.02. The van der Waals surface area contributed by atoms with E-state index in [1.165, 1.54) is 5.57 Å². The quantitative estimate of drug-likeness (QED) is 0.636.